The molecule has 0 aliphatic carbocycles. The summed E-state index contributed by atoms with van der Waals surface area (Å²) < 4.78 is 40.8. The van der Waals surface area contributed by atoms with Gasteiger partial charge in [-0.2, -0.15) is 9.78 Å². The molecule has 0 saturated carbocycles. The van der Waals surface area contributed by atoms with Gasteiger partial charge in [0.15, 0.2) is 0 Å². The number of anilines is 1. The number of halogens is 2. The van der Waals surface area contributed by atoms with E-state index in [2.05, 4.69) is 5.32 Å². The van der Waals surface area contributed by atoms with Crippen LogP contribution < -0.4 is 14.8 Å². The molecule has 0 saturated heterocycles. The second kappa shape index (κ2) is 11.2. The van der Waals surface area contributed by atoms with Crippen LogP contribution in [0.15, 0.2) is 97.1 Å². The molecule has 7 nitrogen and oxygen atoms in total. The van der Waals surface area contributed by atoms with E-state index < -0.39 is 23.5 Å². The zero-order valence-electron chi connectivity index (χ0n) is 21.5. The summed E-state index contributed by atoms with van der Waals surface area (Å²) in [5, 5.41) is 7.41. The van der Waals surface area contributed by atoms with E-state index in [-0.39, 0.29) is 11.4 Å². The van der Waals surface area contributed by atoms with Gasteiger partial charge in [-0.3, -0.25) is 9.59 Å². The Morgan fingerprint density at radius 3 is 2.30 bits per heavy atom. The standard InChI is InChI=1S/C31H23F2N3O4/c1-19(37)40-31-28(20-14-16-22(17-15-20)34-30(38)24-10-3-5-12-26(24)33)29(25-11-4-6-13-27(25)39-2)35-36(31)23-9-7-8-21(32)18-23/h3-18H,1-2H3,(H,34,38). The van der Waals surface area contributed by atoms with Crippen LogP contribution >= 0.6 is 0 Å². The average Bonchev–Trinajstić information content (AvgIpc) is 3.31. The number of carbonyl (C=O) groups excluding carboxylic acids is 2. The molecule has 9 heteroatoms. The lowest BCUT2D eigenvalue weighted by Gasteiger charge is -2.11. The number of ether oxygens (including phenoxy) is 2. The largest absolute Gasteiger partial charge is 0.496 e. The summed E-state index contributed by atoms with van der Waals surface area (Å²) >= 11 is 0. The summed E-state index contributed by atoms with van der Waals surface area (Å²) in [5.74, 6) is -1.72. The van der Waals surface area contributed by atoms with Crippen molar-refractivity contribution in [2.45, 2.75) is 6.92 Å². The third-order valence-corrected chi connectivity index (χ3v) is 6.05. The van der Waals surface area contributed by atoms with Crippen LogP contribution in [0.25, 0.3) is 28.1 Å². The van der Waals surface area contributed by atoms with E-state index in [9.17, 15) is 18.4 Å². The van der Waals surface area contributed by atoms with E-state index in [1.54, 1.807) is 48.5 Å². The minimum Gasteiger partial charge on any atom is -0.496 e. The van der Waals surface area contributed by atoms with E-state index in [0.717, 1.165) is 0 Å². The minimum absolute atomic E-state index is 0.0714. The minimum atomic E-state index is -0.631. The van der Waals surface area contributed by atoms with Gasteiger partial charge in [0, 0.05) is 18.2 Å². The highest BCUT2D eigenvalue weighted by atomic mass is 19.1. The lowest BCUT2D eigenvalue weighted by molar-refractivity contribution is -0.132. The highest BCUT2D eigenvalue weighted by Gasteiger charge is 2.26. The van der Waals surface area contributed by atoms with E-state index in [4.69, 9.17) is 14.6 Å². The van der Waals surface area contributed by atoms with Crippen molar-refractivity contribution >= 4 is 17.6 Å². The Kier molecular flexibility index (Phi) is 7.37. The summed E-state index contributed by atoms with van der Waals surface area (Å²) in [7, 11) is 1.53. The zero-order chi connectivity index (χ0) is 28.2. The summed E-state index contributed by atoms with van der Waals surface area (Å²) in [4.78, 5) is 24.8. The summed E-state index contributed by atoms with van der Waals surface area (Å²) in [6.07, 6.45) is 0. The van der Waals surface area contributed by atoms with E-state index in [0.29, 0.717) is 39.5 Å². The van der Waals surface area contributed by atoms with Crippen LogP contribution in [-0.4, -0.2) is 28.8 Å². The average molecular weight is 540 g/mol. The Labute approximate surface area is 228 Å². The highest BCUT2D eigenvalue weighted by Crippen LogP contribution is 2.43. The number of carbonyl (C=O) groups is 2. The first-order valence-corrected chi connectivity index (χ1v) is 12.2. The second-order valence-corrected chi connectivity index (χ2v) is 8.73. The maximum atomic E-state index is 14.2. The van der Waals surface area contributed by atoms with Crippen molar-refractivity contribution in [2.75, 3.05) is 12.4 Å². The molecule has 0 bridgehead atoms. The Morgan fingerprint density at radius 2 is 1.60 bits per heavy atom. The van der Waals surface area contributed by atoms with Gasteiger partial charge in [0.25, 0.3) is 5.91 Å². The van der Waals surface area contributed by atoms with Gasteiger partial charge in [0.05, 0.1) is 23.9 Å². The molecule has 1 aromatic heterocycles. The molecule has 5 aromatic rings. The van der Waals surface area contributed by atoms with Crippen molar-refractivity contribution in [1.82, 2.24) is 9.78 Å². The molecule has 0 spiro atoms. The molecule has 40 heavy (non-hydrogen) atoms. The number of nitrogens with zero attached hydrogens (tertiary/aromatic N) is 2. The Hall–Kier alpha value is -5.31. The van der Waals surface area contributed by atoms with Crippen LogP contribution in [0, 0.1) is 11.6 Å². The predicted molar refractivity (Wildman–Crippen MR) is 147 cm³/mol. The van der Waals surface area contributed by atoms with Gasteiger partial charge < -0.3 is 14.8 Å². The Morgan fingerprint density at radius 1 is 0.875 bits per heavy atom. The van der Waals surface area contributed by atoms with Crippen molar-refractivity contribution in [2.24, 2.45) is 0 Å². The van der Waals surface area contributed by atoms with Gasteiger partial charge >= 0.3 is 5.97 Å². The first-order valence-electron chi connectivity index (χ1n) is 12.2. The Balaban J connectivity index is 1.65. The van der Waals surface area contributed by atoms with Crippen LogP contribution in [-0.2, 0) is 4.79 Å². The number of methoxy groups -OCH3 is 1. The van der Waals surface area contributed by atoms with Crippen molar-refractivity contribution in [3.63, 3.8) is 0 Å². The van der Waals surface area contributed by atoms with Gasteiger partial charge in [0.2, 0.25) is 5.88 Å². The molecule has 0 radical (unpaired) electrons. The van der Waals surface area contributed by atoms with Crippen molar-refractivity contribution in [3.05, 3.63) is 114 Å². The molecule has 0 aliphatic rings. The monoisotopic (exact) mass is 539 g/mol. The third-order valence-electron chi connectivity index (χ3n) is 6.05. The number of nitrogens with one attached hydrogen (secondary N) is 1. The Bertz CT molecular complexity index is 1710. The normalized spacial score (nSPS) is 10.7. The molecule has 0 fully saturated rings. The fourth-order valence-corrected chi connectivity index (χ4v) is 4.27. The van der Waals surface area contributed by atoms with Gasteiger partial charge in [-0.15, -0.1) is 0 Å². The molecular formula is C31H23F2N3O4. The van der Waals surface area contributed by atoms with E-state index in [1.807, 2.05) is 12.1 Å². The number of hydrogen-bond acceptors (Lipinski definition) is 5. The number of benzene rings is 4. The van der Waals surface area contributed by atoms with Crippen LogP contribution in [0.3, 0.4) is 0 Å². The maximum absolute atomic E-state index is 14.2. The fourth-order valence-electron chi connectivity index (χ4n) is 4.27. The quantitative estimate of drug-likeness (QED) is 0.234. The SMILES string of the molecule is COc1ccccc1-c1nn(-c2cccc(F)c2)c(OC(C)=O)c1-c1ccc(NC(=O)c2ccccc2F)cc1. The van der Waals surface area contributed by atoms with Gasteiger partial charge in [-0.1, -0.05) is 42.5 Å². The molecule has 4 aromatic carbocycles. The van der Waals surface area contributed by atoms with Crippen LogP contribution in [0.4, 0.5) is 14.5 Å². The molecule has 200 valence electrons. The topological polar surface area (TPSA) is 82.4 Å². The number of rotatable bonds is 7. The van der Waals surface area contributed by atoms with Gasteiger partial charge in [-0.25, -0.2) is 8.78 Å². The molecule has 0 unspecified atom stereocenters. The highest BCUT2D eigenvalue weighted by molar-refractivity contribution is 6.04. The lowest BCUT2D eigenvalue weighted by atomic mass is 10.00. The fraction of sp³-hybridized carbons (Fsp3) is 0.0645. The number of esters is 1. The number of para-hydroxylation sites is 1. The first-order chi connectivity index (χ1) is 19.4. The molecule has 1 amide bonds. The zero-order valence-corrected chi connectivity index (χ0v) is 21.5. The molecule has 1 heterocycles. The van der Waals surface area contributed by atoms with Crippen LogP contribution in [0.5, 0.6) is 11.6 Å². The number of amides is 1. The lowest BCUT2D eigenvalue weighted by Crippen LogP contribution is -2.13. The number of hydrogen-bond donors (Lipinski definition) is 1. The summed E-state index contributed by atoms with van der Waals surface area (Å²) in [6.45, 7) is 1.26. The molecular weight excluding hydrogens is 516 g/mol. The molecule has 5 rings (SSSR count). The van der Waals surface area contributed by atoms with Crippen LogP contribution in [0.1, 0.15) is 17.3 Å². The van der Waals surface area contributed by atoms with E-state index in [1.165, 1.54) is 55.1 Å². The first kappa shape index (κ1) is 26.3. The summed E-state index contributed by atoms with van der Waals surface area (Å²) in [6, 6.07) is 25.3. The van der Waals surface area contributed by atoms with E-state index >= 15 is 0 Å². The van der Waals surface area contributed by atoms with Crippen molar-refractivity contribution in [1.29, 1.82) is 0 Å². The smallest absolute Gasteiger partial charge is 0.309 e. The second-order valence-electron chi connectivity index (χ2n) is 8.73. The van der Waals surface area contributed by atoms with Crippen molar-refractivity contribution in [3.8, 4) is 39.7 Å². The predicted octanol–water partition coefficient (Wildman–Crippen LogP) is 6.67. The number of aromatic nitrogens is 2. The van der Waals surface area contributed by atoms with Gasteiger partial charge in [-0.05, 0) is 60.2 Å². The van der Waals surface area contributed by atoms with Crippen LogP contribution in [0.2, 0.25) is 0 Å². The molecule has 0 aliphatic heterocycles. The third kappa shape index (κ3) is 5.30. The molecule has 0 atom stereocenters. The van der Waals surface area contributed by atoms with Gasteiger partial charge in [0.1, 0.15) is 23.1 Å². The molecule has 1 N–H and O–H groups in total. The summed E-state index contributed by atoms with van der Waals surface area (Å²) in [5.41, 5.74) is 2.73. The van der Waals surface area contributed by atoms with Crippen molar-refractivity contribution < 1.29 is 27.8 Å². The maximum Gasteiger partial charge on any atom is 0.309 e.